The summed E-state index contributed by atoms with van der Waals surface area (Å²) in [6.07, 6.45) is 7.62. The molecule has 1 aromatic heterocycles. The maximum Gasteiger partial charge on any atom is 0.291 e. The zero-order valence-corrected chi connectivity index (χ0v) is 13.1. The molecule has 1 unspecified atom stereocenters. The summed E-state index contributed by atoms with van der Waals surface area (Å²) < 4.78 is 0. The fraction of sp³-hybridized carbons (Fsp3) is 0.750. The number of H-pyrrole nitrogens is 1. The van der Waals surface area contributed by atoms with Crippen molar-refractivity contribution in [2.45, 2.75) is 57.9 Å². The zero-order valence-electron chi connectivity index (χ0n) is 13.1. The second-order valence-corrected chi connectivity index (χ2v) is 6.99. The van der Waals surface area contributed by atoms with Gasteiger partial charge >= 0.3 is 0 Å². The Morgan fingerprint density at radius 2 is 2.10 bits per heavy atom. The number of hydrogen-bond donors (Lipinski definition) is 2. The molecule has 0 bridgehead atoms. The molecule has 21 heavy (non-hydrogen) atoms. The van der Waals surface area contributed by atoms with Crippen LogP contribution in [0.15, 0.2) is 11.0 Å². The lowest BCUT2D eigenvalue weighted by molar-refractivity contribution is 0.197. The maximum atomic E-state index is 12.2. The highest BCUT2D eigenvalue weighted by Crippen LogP contribution is 2.45. The molecule has 0 amide bonds. The molecule has 5 nitrogen and oxygen atoms in total. The summed E-state index contributed by atoms with van der Waals surface area (Å²) in [5.41, 5.74) is 7.47. The molecule has 1 atom stereocenters. The second-order valence-electron chi connectivity index (χ2n) is 6.99. The average Bonchev–Trinajstić information content (AvgIpc) is 2.81. The number of aromatic nitrogens is 2. The van der Waals surface area contributed by atoms with Crippen LogP contribution in [0, 0.1) is 5.41 Å². The van der Waals surface area contributed by atoms with Gasteiger partial charge < -0.3 is 15.6 Å². The molecule has 0 radical (unpaired) electrons. The van der Waals surface area contributed by atoms with Crippen LogP contribution in [0.3, 0.4) is 0 Å². The highest BCUT2D eigenvalue weighted by atomic mass is 16.1. The third-order valence-electron chi connectivity index (χ3n) is 5.44. The van der Waals surface area contributed by atoms with Crippen LogP contribution in [-0.4, -0.2) is 29.1 Å². The molecule has 3 N–H and O–H groups in total. The van der Waals surface area contributed by atoms with Crippen molar-refractivity contribution in [3.63, 3.8) is 0 Å². The summed E-state index contributed by atoms with van der Waals surface area (Å²) in [7, 11) is 0. The number of aromatic amines is 1. The van der Waals surface area contributed by atoms with Crippen LogP contribution in [0.2, 0.25) is 0 Å². The number of anilines is 1. The van der Waals surface area contributed by atoms with Crippen LogP contribution in [0.1, 0.15) is 57.6 Å². The minimum Gasteiger partial charge on any atom is -0.352 e. The monoisotopic (exact) mass is 290 g/mol. The van der Waals surface area contributed by atoms with Gasteiger partial charge in [0.2, 0.25) is 0 Å². The molecule has 1 aliphatic heterocycles. The molecule has 0 aromatic carbocycles. The van der Waals surface area contributed by atoms with Gasteiger partial charge in [-0.1, -0.05) is 20.3 Å². The minimum absolute atomic E-state index is 0.0622. The molecule has 3 rings (SSSR count). The Morgan fingerprint density at radius 3 is 2.62 bits per heavy atom. The predicted molar refractivity (Wildman–Crippen MR) is 84.7 cm³/mol. The van der Waals surface area contributed by atoms with Gasteiger partial charge in [-0.3, -0.25) is 4.79 Å². The van der Waals surface area contributed by atoms with Gasteiger partial charge in [0.05, 0.1) is 0 Å². The normalized spacial score (nSPS) is 25.0. The van der Waals surface area contributed by atoms with Gasteiger partial charge in [0.1, 0.15) is 0 Å². The number of nitrogens with two attached hydrogens (primary N) is 1. The van der Waals surface area contributed by atoms with E-state index >= 15 is 0 Å². The average molecular weight is 290 g/mol. The highest BCUT2D eigenvalue weighted by Gasteiger charge is 2.43. The number of nitrogens with zero attached hydrogens (tertiary/aromatic N) is 2. The summed E-state index contributed by atoms with van der Waals surface area (Å²) in [5.74, 6) is 0.862. The molecule has 1 saturated heterocycles. The largest absolute Gasteiger partial charge is 0.352 e. The summed E-state index contributed by atoms with van der Waals surface area (Å²) in [6, 6.07) is 0.342. The Labute approximate surface area is 125 Å². The van der Waals surface area contributed by atoms with Gasteiger partial charge in [-0.15, -0.1) is 0 Å². The van der Waals surface area contributed by atoms with E-state index in [1.165, 1.54) is 12.8 Å². The van der Waals surface area contributed by atoms with Crippen LogP contribution in [0.4, 0.5) is 5.82 Å². The van der Waals surface area contributed by atoms with Crippen molar-refractivity contribution in [1.29, 1.82) is 0 Å². The lowest BCUT2D eigenvalue weighted by Crippen LogP contribution is -2.48. The zero-order chi connectivity index (χ0) is 15.0. The summed E-state index contributed by atoms with van der Waals surface area (Å²) in [6.45, 7) is 5.90. The van der Waals surface area contributed by atoms with Crippen molar-refractivity contribution in [3.8, 4) is 0 Å². The van der Waals surface area contributed by atoms with Gasteiger partial charge in [0, 0.05) is 31.0 Å². The van der Waals surface area contributed by atoms with E-state index in [9.17, 15) is 4.79 Å². The Hall–Kier alpha value is -1.36. The number of rotatable bonds is 2. The smallest absolute Gasteiger partial charge is 0.291 e. The molecule has 2 heterocycles. The Balaban J connectivity index is 1.74. The van der Waals surface area contributed by atoms with E-state index in [4.69, 9.17) is 5.73 Å². The van der Waals surface area contributed by atoms with Crippen molar-refractivity contribution in [1.82, 2.24) is 9.97 Å². The minimum atomic E-state index is -0.0622. The van der Waals surface area contributed by atoms with E-state index in [0.717, 1.165) is 38.0 Å². The Kier molecular flexibility index (Phi) is 3.78. The van der Waals surface area contributed by atoms with Gasteiger partial charge in [-0.05, 0) is 37.0 Å². The molecule has 1 aromatic rings. The van der Waals surface area contributed by atoms with Crippen molar-refractivity contribution in [2.75, 3.05) is 18.0 Å². The molecule has 2 aliphatic rings. The van der Waals surface area contributed by atoms with E-state index in [1.807, 2.05) is 0 Å². The van der Waals surface area contributed by atoms with Crippen LogP contribution in [0.25, 0.3) is 0 Å². The molecule has 116 valence electrons. The van der Waals surface area contributed by atoms with Gasteiger partial charge in [-0.25, -0.2) is 4.98 Å². The third kappa shape index (κ3) is 2.59. The Bertz CT molecular complexity index is 558. The second kappa shape index (κ2) is 5.44. The summed E-state index contributed by atoms with van der Waals surface area (Å²) in [4.78, 5) is 21.7. The van der Waals surface area contributed by atoms with E-state index in [0.29, 0.717) is 23.2 Å². The molecule has 1 spiro atoms. The third-order valence-corrected chi connectivity index (χ3v) is 5.44. The number of hydrogen-bond acceptors (Lipinski definition) is 4. The number of piperidine rings is 1. The van der Waals surface area contributed by atoms with E-state index < -0.39 is 0 Å². The van der Waals surface area contributed by atoms with Crippen molar-refractivity contribution in [3.05, 3.63) is 22.2 Å². The molecule has 2 fully saturated rings. The SMILES string of the molecule is CC(C)c1cnc(N2CCC3(CCCC3N)CC2)c(=O)[nH]1. The molecule has 5 heteroatoms. The molecule has 1 aliphatic carbocycles. The topological polar surface area (TPSA) is 75.0 Å². The van der Waals surface area contributed by atoms with Crippen LogP contribution in [0.5, 0.6) is 0 Å². The fourth-order valence-electron chi connectivity index (χ4n) is 3.88. The first-order chi connectivity index (χ1) is 10.0. The summed E-state index contributed by atoms with van der Waals surface area (Å²) in [5, 5.41) is 0. The molecule has 1 saturated carbocycles. The molecular weight excluding hydrogens is 264 g/mol. The predicted octanol–water partition coefficient (Wildman–Crippen LogP) is 1.99. The van der Waals surface area contributed by atoms with E-state index in [2.05, 4.69) is 28.7 Å². The molecular formula is C16H26N4O. The first-order valence-corrected chi connectivity index (χ1v) is 8.11. The van der Waals surface area contributed by atoms with Gasteiger partial charge in [-0.2, -0.15) is 0 Å². The summed E-state index contributed by atoms with van der Waals surface area (Å²) >= 11 is 0. The highest BCUT2D eigenvalue weighted by molar-refractivity contribution is 5.37. The lowest BCUT2D eigenvalue weighted by Gasteiger charge is -2.42. The van der Waals surface area contributed by atoms with Crippen molar-refractivity contribution >= 4 is 5.82 Å². The van der Waals surface area contributed by atoms with Crippen molar-refractivity contribution in [2.24, 2.45) is 11.1 Å². The quantitative estimate of drug-likeness (QED) is 0.873. The van der Waals surface area contributed by atoms with Gasteiger partial charge in [0.15, 0.2) is 5.82 Å². The first-order valence-electron chi connectivity index (χ1n) is 8.11. The number of nitrogens with one attached hydrogen (secondary N) is 1. The van der Waals surface area contributed by atoms with Crippen molar-refractivity contribution < 1.29 is 0 Å². The standard InChI is InChI=1S/C16H26N4O/c1-11(2)12-10-18-14(15(21)19-12)20-8-6-16(7-9-20)5-3-4-13(16)17/h10-11,13H,3-9,17H2,1-2H3,(H,19,21). The Morgan fingerprint density at radius 1 is 1.38 bits per heavy atom. The van der Waals surface area contributed by atoms with Gasteiger partial charge in [0.25, 0.3) is 5.56 Å². The lowest BCUT2D eigenvalue weighted by atomic mass is 9.74. The van der Waals surface area contributed by atoms with Crippen LogP contribution in [-0.2, 0) is 0 Å². The van der Waals surface area contributed by atoms with E-state index in [-0.39, 0.29) is 5.56 Å². The maximum absolute atomic E-state index is 12.2. The van der Waals surface area contributed by atoms with Crippen LogP contribution < -0.4 is 16.2 Å². The van der Waals surface area contributed by atoms with Crippen LogP contribution >= 0.6 is 0 Å². The fourth-order valence-corrected chi connectivity index (χ4v) is 3.88. The van der Waals surface area contributed by atoms with E-state index in [1.54, 1.807) is 6.20 Å². The first kappa shape index (κ1) is 14.6.